The number of rotatable bonds is 5. The average molecular weight is 321 g/mol. The highest BCUT2D eigenvalue weighted by Crippen LogP contribution is 2.32. The quantitative estimate of drug-likeness (QED) is 0.919. The first-order chi connectivity index (χ1) is 10.4. The highest BCUT2D eigenvalue weighted by Gasteiger charge is 2.22. The van der Waals surface area contributed by atoms with Gasteiger partial charge in [-0.1, -0.05) is 17.7 Å². The number of benzene rings is 2. The van der Waals surface area contributed by atoms with E-state index in [2.05, 4.69) is 4.72 Å². The van der Waals surface area contributed by atoms with Gasteiger partial charge >= 0.3 is 0 Å². The zero-order valence-corrected chi connectivity index (χ0v) is 13.8. The van der Waals surface area contributed by atoms with Gasteiger partial charge in [-0.15, -0.1) is 0 Å². The summed E-state index contributed by atoms with van der Waals surface area (Å²) in [5.74, 6) is 0.767. The highest BCUT2D eigenvalue weighted by atomic mass is 32.2. The maximum absolute atomic E-state index is 12.6. The molecule has 22 heavy (non-hydrogen) atoms. The number of anilines is 1. The summed E-state index contributed by atoms with van der Waals surface area (Å²) in [6.07, 6.45) is 0. The van der Waals surface area contributed by atoms with Gasteiger partial charge in [0.05, 0.1) is 14.2 Å². The van der Waals surface area contributed by atoms with E-state index in [1.807, 2.05) is 26.0 Å². The second-order valence-corrected chi connectivity index (χ2v) is 6.60. The van der Waals surface area contributed by atoms with Crippen molar-refractivity contribution >= 4 is 15.7 Å². The van der Waals surface area contributed by atoms with Crippen molar-refractivity contribution in [2.45, 2.75) is 18.7 Å². The van der Waals surface area contributed by atoms with Crippen molar-refractivity contribution in [3.63, 3.8) is 0 Å². The molecular formula is C16H19NO4S. The van der Waals surface area contributed by atoms with Crippen molar-refractivity contribution in [2.24, 2.45) is 0 Å². The van der Waals surface area contributed by atoms with Gasteiger partial charge in [0.25, 0.3) is 10.0 Å². The van der Waals surface area contributed by atoms with Crippen LogP contribution in [0.15, 0.2) is 41.3 Å². The molecule has 2 rings (SSSR count). The van der Waals surface area contributed by atoms with Crippen molar-refractivity contribution in [2.75, 3.05) is 18.9 Å². The van der Waals surface area contributed by atoms with Crippen molar-refractivity contribution in [1.82, 2.24) is 0 Å². The summed E-state index contributed by atoms with van der Waals surface area (Å²) < 4.78 is 38.1. The maximum Gasteiger partial charge on any atom is 0.265 e. The Morgan fingerprint density at radius 1 is 0.909 bits per heavy atom. The van der Waals surface area contributed by atoms with Crippen LogP contribution in [0, 0.1) is 13.8 Å². The standard InChI is InChI=1S/C16H19NO4S/c1-11-5-7-13(8-6-11)17-22(18,19)16-10-14(20-3)12(2)9-15(16)21-4/h5-10,17H,1-4H3. The van der Waals surface area contributed by atoms with Crippen LogP contribution in [0.4, 0.5) is 5.69 Å². The van der Waals surface area contributed by atoms with Crippen molar-refractivity contribution in [3.8, 4) is 11.5 Å². The predicted octanol–water partition coefficient (Wildman–Crippen LogP) is 3.12. The predicted molar refractivity (Wildman–Crippen MR) is 86.3 cm³/mol. The minimum Gasteiger partial charge on any atom is -0.496 e. The second kappa shape index (κ2) is 6.27. The van der Waals surface area contributed by atoms with E-state index in [0.717, 1.165) is 11.1 Å². The fourth-order valence-corrected chi connectivity index (χ4v) is 3.29. The number of methoxy groups -OCH3 is 2. The van der Waals surface area contributed by atoms with Crippen LogP contribution in [0.25, 0.3) is 0 Å². The first-order valence-corrected chi connectivity index (χ1v) is 8.18. The second-order valence-electron chi connectivity index (χ2n) is 4.94. The molecule has 5 nitrogen and oxygen atoms in total. The average Bonchev–Trinajstić information content (AvgIpc) is 2.48. The summed E-state index contributed by atoms with van der Waals surface area (Å²) in [4.78, 5) is 0.0398. The molecule has 118 valence electrons. The Morgan fingerprint density at radius 3 is 2.05 bits per heavy atom. The molecule has 0 heterocycles. The molecular weight excluding hydrogens is 302 g/mol. The summed E-state index contributed by atoms with van der Waals surface area (Å²) in [5.41, 5.74) is 2.35. The Bertz CT molecular complexity index is 767. The Kier molecular flexibility index (Phi) is 4.61. The molecule has 0 amide bonds. The number of hydrogen-bond donors (Lipinski definition) is 1. The lowest BCUT2D eigenvalue weighted by Crippen LogP contribution is -2.14. The van der Waals surface area contributed by atoms with Crippen molar-refractivity contribution < 1.29 is 17.9 Å². The van der Waals surface area contributed by atoms with E-state index in [0.29, 0.717) is 11.4 Å². The summed E-state index contributed by atoms with van der Waals surface area (Å²) in [6, 6.07) is 10.2. The molecule has 0 atom stereocenters. The Labute approximate surface area is 130 Å². The van der Waals surface area contributed by atoms with Crippen LogP contribution in [0.1, 0.15) is 11.1 Å². The van der Waals surface area contributed by atoms with E-state index >= 15 is 0 Å². The molecule has 0 aliphatic rings. The number of sulfonamides is 1. The van der Waals surface area contributed by atoms with Crippen LogP contribution in [0.5, 0.6) is 11.5 Å². The molecule has 0 radical (unpaired) electrons. The van der Waals surface area contributed by atoms with Gasteiger partial charge in [0.1, 0.15) is 16.4 Å². The van der Waals surface area contributed by atoms with E-state index in [4.69, 9.17) is 9.47 Å². The number of ether oxygens (including phenoxy) is 2. The number of hydrogen-bond acceptors (Lipinski definition) is 4. The van der Waals surface area contributed by atoms with Crippen LogP contribution in [-0.2, 0) is 10.0 Å². The smallest absolute Gasteiger partial charge is 0.265 e. The molecule has 0 fully saturated rings. The van der Waals surface area contributed by atoms with Crippen LogP contribution in [-0.4, -0.2) is 22.6 Å². The van der Waals surface area contributed by atoms with Gasteiger partial charge in [0.15, 0.2) is 0 Å². The number of aryl methyl sites for hydroxylation is 2. The zero-order valence-electron chi connectivity index (χ0n) is 13.0. The lowest BCUT2D eigenvalue weighted by Gasteiger charge is -2.14. The first kappa shape index (κ1) is 16.2. The van der Waals surface area contributed by atoms with E-state index in [9.17, 15) is 8.42 Å². The fourth-order valence-electron chi connectivity index (χ4n) is 2.06. The molecule has 0 unspecified atom stereocenters. The largest absolute Gasteiger partial charge is 0.496 e. The Morgan fingerprint density at radius 2 is 1.50 bits per heavy atom. The molecule has 0 saturated heterocycles. The Balaban J connectivity index is 2.46. The van der Waals surface area contributed by atoms with Gasteiger partial charge in [-0.3, -0.25) is 4.72 Å². The van der Waals surface area contributed by atoms with Crippen molar-refractivity contribution in [3.05, 3.63) is 47.5 Å². The van der Waals surface area contributed by atoms with Gasteiger partial charge in [-0.2, -0.15) is 0 Å². The summed E-state index contributed by atoms with van der Waals surface area (Å²) >= 11 is 0. The molecule has 2 aromatic carbocycles. The SMILES string of the molecule is COc1cc(S(=O)(=O)Nc2ccc(C)cc2)c(OC)cc1C. The van der Waals surface area contributed by atoms with Crippen LogP contribution in [0.3, 0.4) is 0 Å². The zero-order chi connectivity index (χ0) is 16.3. The van der Waals surface area contributed by atoms with E-state index < -0.39 is 10.0 Å². The summed E-state index contributed by atoms with van der Waals surface area (Å²) in [7, 11) is -0.838. The van der Waals surface area contributed by atoms with E-state index in [-0.39, 0.29) is 10.6 Å². The minimum atomic E-state index is -3.77. The normalized spacial score (nSPS) is 11.1. The molecule has 1 N–H and O–H groups in total. The molecule has 6 heteroatoms. The van der Waals surface area contributed by atoms with E-state index in [1.165, 1.54) is 20.3 Å². The third kappa shape index (κ3) is 3.33. The van der Waals surface area contributed by atoms with Crippen LogP contribution < -0.4 is 14.2 Å². The first-order valence-electron chi connectivity index (χ1n) is 6.69. The van der Waals surface area contributed by atoms with Gasteiger partial charge < -0.3 is 9.47 Å². The molecule has 0 aliphatic carbocycles. The van der Waals surface area contributed by atoms with Gasteiger partial charge in [0.2, 0.25) is 0 Å². The van der Waals surface area contributed by atoms with Gasteiger partial charge in [-0.05, 0) is 37.6 Å². The highest BCUT2D eigenvalue weighted by molar-refractivity contribution is 7.92. The van der Waals surface area contributed by atoms with Crippen LogP contribution >= 0.6 is 0 Å². The minimum absolute atomic E-state index is 0.0398. The van der Waals surface area contributed by atoms with Gasteiger partial charge in [0, 0.05) is 11.8 Å². The lowest BCUT2D eigenvalue weighted by atomic mass is 10.2. The molecule has 0 spiro atoms. The molecule has 0 aliphatic heterocycles. The monoisotopic (exact) mass is 321 g/mol. The van der Waals surface area contributed by atoms with Gasteiger partial charge in [-0.25, -0.2) is 8.42 Å². The topological polar surface area (TPSA) is 64.6 Å². The van der Waals surface area contributed by atoms with Crippen molar-refractivity contribution in [1.29, 1.82) is 0 Å². The molecule has 0 saturated carbocycles. The molecule has 0 bridgehead atoms. The Hall–Kier alpha value is -2.21. The van der Waals surface area contributed by atoms with Crippen LogP contribution in [0.2, 0.25) is 0 Å². The maximum atomic E-state index is 12.6. The third-order valence-electron chi connectivity index (χ3n) is 3.27. The summed E-state index contributed by atoms with van der Waals surface area (Å²) in [6.45, 7) is 3.76. The summed E-state index contributed by atoms with van der Waals surface area (Å²) in [5, 5.41) is 0. The number of nitrogens with one attached hydrogen (secondary N) is 1. The lowest BCUT2D eigenvalue weighted by molar-refractivity contribution is 0.390. The third-order valence-corrected chi connectivity index (χ3v) is 4.68. The fraction of sp³-hybridized carbons (Fsp3) is 0.250. The molecule has 0 aromatic heterocycles. The molecule has 2 aromatic rings. The van der Waals surface area contributed by atoms with E-state index in [1.54, 1.807) is 18.2 Å².